The zero-order valence-corrected chi connectivity index (χ0v) is 16.9. The molecule has 2 aliphatic rings. The Hall–Kier alpha value is -1.58. The van der Waals surface area contributed by atoms with Gasteiger partial charge in [0.2, 0.25) is 11.8 Å². The van der Waals surface area contributed by atoms with Crippen molar-refractivity contribution in [3.8, 4) is 0 Å². The fourth-order valence-corrected chi connectivity index (χ4v) is 5.13. The summed E-state index contributed by atoms with van der Waals surface area (Å²) in [4.78, 5) is 43.7. The number of anilines is 1. The summed E-state index contributed by atoms with van der Waals surface area (Å²) in [5, 5.41) is 0.700. The minimum atomic E-state index is -0.116. The SMILES string of the molecule is COCCN1C(=O)CN(C)C(=O)c2c1sc1c2CCN(C(=O)CSC)C1. The number of amides is 3. The minimum absolute atomic E-state index is 0.0665. The third kappa shape index (κ3) is 3.47. The first-order valence-corrected chi connectivity index (χ1v) is 10.6. The topological polar surface area (TPSA) is 70.2 Å². The average molecular weight is 398 g/mol. The van der Waals surface area contributed by atoms with Crippen LogP contribution in [0.1, 0.15) is 20.8 Å². The number of hydrogen-bond donors (Lipinski definition) is 0. The number of methoxy groups -OCH3 is 1. The summed E-state index contributed by atoms with van der Waals surface area (Å²) in [5.74, 6) is 0.350. The molecule has 2 aliphatic heterocycles. The zero-order chi connectivity index (χ0) is 18.8. The van der Waals surface area contributed by atoms with E-state index >= 15 is 0 Å². The molecule has 3 heterocycles. The first kappa shape index (κ1) is 19.2. The van der Waals surface area contributed by atoms with E-state index in [0.717, 1.165) is 10.4 Å². The summed E-state index contributed by atoms with van der Waals surface area (Å²) in [6.07, 6.45) is 2.56. The molecule has 0 fully saturated rings. The van der Waals surface area contributed by atoms with Crippen molar-refractivity contribution in [3.63, 3.8) is 0 Å². The zero-order valence-electron chi connectivity index (χ0n) is 15.2. The molecule has 0 radical (unpaired) electrons. The third-order valence-electron chi connectivity index (χ3n) is 4.66. The predicted molar refractivity (Wildman–Crippen MR) is 103 cm³/mol. The van der Waals surface area contributed by atoms with E-state index < -0.39 is 0 Å². The summed E-state index contributed by atoms with van der Waals surface area (Å²) < 4.78 is 5.14. The molecule has 0 aromatic carbocycles. The first-order valence-electron chi connectivity index (χ1n) is 8.44. The predicted octanol–water partition coefficient (Wildman–Crippen LogP) is 1.06. The Morgan fingerprint density at radius 3 is 2.77 bits per heavy atom. The van der Waals surface area contributed by atoms with Crippen LogP contribution in [0.4, 0.5) is 5.00 Å². The molecule has 0 N–H and O–H groups in total. The Morgan fingerprint density at radius 2 is 2.08 bits per heavy atom. The van der Waals surface area contributed by atoms with Crippen LogP contribution in [0.5, 0.6) is 0 Å². The van der Waals surface area contributed by atoms with Crippen LogP contribution in [0, 0.1) is 0 Å². The molecular formula is C17H23N3O4S2. The number of ether oxygens (including phenoxy) is 1. The third-order valence-corrected chi connectivity index (χ3v) is 6.43. The quantitative estimate of drug-likeness (QED) is 0.743. The molecule has 0 saturated heterocycles. The molecule has 1 aromatic rings. The second kappa shape index (κ2) is 7.98. The highest BCUT2D eigenvalue weighted by atomic mass is 32.2. The number of carbonyl (C=O) groups is 3. The molecule has 3 amide bonds. The fraction of sp³-hybridized carbons (Fsp3) is 0.588. The van der Waals surface area contributed by atoms with E-state index in [4.69, 9.17) is 4.74 Å². The Bertz CT molecular complexity index is 734. The average Bonchev–Trinajstić information content (AvgIpc) is 2.95. The maximum atomic E-state index is 12.9. The molecule has 26 heavy (non-hydrogen) atoms. The summed E-state index contributed by atoms with van der Waals surface area (Å²) in [6, 6.07) is 0. The van der Waals surface area contributed by atoms with Crippen LogP contribution in [0.15, 0.2) is 0 Å². The molecule has 0 saturated carbocycles. The molecule has 7 nitrogen and oxygen atoms in total. The lowest BCUT2D eigenvalue weighted by Gasteiger charge is -2.27. The summed E-state index contributed by atoms with van der Waals surface area (Å²) in [5.41, 5.74) is 1.62. The van der Waals surface area contributed by atoms with Crippen LogP contribution in [-0.4, -0.2) is 79.9 Å². The monoisotopic (exact) mass is 397 g/mol. The van der Waals surface area contributed by atoms with Crippen molar-refractivity contribution < 1.29 is 19.1 Å². The number of hydrogen-bond acceptors (Lipinski definition) is 6. The minimum Gasteiger partial charge on any atom is -0.383 e. The molecule has 0 bridgehead atoms. The number of likely N-dealkylation sites (N-methyl/N-ethyl adjacent to an activating group) is 1. The Labute approximate surface area is 161 Å². The van der Waals surface area contributed by atoms with Crippen LogP contribution in [-0.2, 0) is 27.3 Å². The van der Waals surface area contributed by atoms with Crippen LogP contribution >= 0.6 is 23.1 Å². The fourth-order valence-electron chi connectivity index (χ4n) is 3.30. The smallest absolute Gasteiger partial charge is 0.257 e. The van der Waals surface area contributed by atoms with Gasteiger partial charge in [0.05, 0.1) is 31.0 Å². The number of carbonyl (C=O) groups excluding carboxylic acids is 3. The van der Waals surface area contributed by atoms with E-state index in [1.807, 2.05) is 11.2 Å². The normalized spacial score (nSPS) is 17.3. The lowest BCUT2D eigenvalue weighted by atomic mass is 10.0. The molecule has 0 atom stereocenters. The number of thioether (sulfide) groups is 1. The van der Waals surface area contributed by atoms with Gasteiger partial charge in [-0.15, -0.1) is 11.3 Å². The number of thiophene rings is 1. The van der Waals surface area contributed by atoms with Gasteiger partial charge in [-0.1, -0.05) is 0 Å². The van der Waals surface area contributed by atoms with E-state index in [1.54, 1.807) is 19.1 Å². The van der Waals surface area contributed by atoms with Crippen molar-refractivity contribution in [2.24, 2.45) is 0 Å². The van der Waals surface area contributed by atoms with Crippen molar-refractivity contribution in [2.45, 2.75) is 13.0 Å². The van der Waals surface area contributed by atoms with Crippen LogP contribution < -0.4 is 4.90 Å². The maximum absolute atomic E-state index is 12.9. The van der Waals surface area contributed by atoms with Gasteiger partial charge in [0.25, 0.3) is 5.91 Å². The van der Waals surface area contributed by atoms with E-state index in [-0.39, 0.29) is 24.3 Å². The first-order chi connectivity index (χ1) is 12.5. The highest BCUT2D eigenvalue weighted by Crippen LogP contribution is 2.41. The second-order valence-corrected chi connectivity index (χ2v) is 8.33. The van der Waals surface area contributed by atoms with Crippen LogP contribution in [0.3, 0.4) is 0 Å². The molecule has 0 aliphatic carbocycles. The second-order valence-electron chi connectivity index (χ2n) is 6.38. The van der Waals surface area contributed by atoms with Gasteiger partial charge in [-0.25, -0.2) is 0 Å². The molecule has 142 valence electrons. The Morgan fingerprint density at radius 1 is 1.31 bits per heavy atom. The van der Waals surface area contributed by atoms with E-state index in [2.05, 4.69) is 0 Å². The van der Waals surface area contributed by atoms with Crippen molar-refractivity contribution in [3.05, 3.63) is 16.0 Å². The van der Waals surface area contributed by atoms with Gasteiger partial charge in [-0.2, -0.15) is 11.8 Å². The van der Waals surface area contributed by atoms with E-state index in [9.17, 15) is 14.4 Å². The summed E-state index contributed by atoms with van der Waals surface area (Å²) >= 11 is 2.97. The highest BCUT2D eigenvalue weighted by Gasteiger charge is 2.37. The van der Waals surface area contributed by atoms with Crippen molar-refractivity contribution >= 4 is 45.8 Å². The van der Waals surface area contributed by atoms with Gasteiger partial charge in [-0.3, -0.25) is 19.3 Å². The van der Waals surface area contributed by atoms with Gasteiger partial charge in [0, 0.05) is 25.6 Å². The molecule has 0 spiro atoms. The molecule has 1 aromatic heterocycles. The van der Waals surface area contributed by atoms with Crippen LogP contribution in [0.2, 0.25) is 0 Å². The van der Waals surface area contributed by atoms with Gasteiger partial charge in [-0.05, 0) is 18.2 Å². The van der Waals surface area contributed by atoms with Crippen LogP contribution in [0.25, 0.3) is 0 Å². The molecule has 9 heteroatoms. The van der Waals surface area contributed by atoms with Crippen molar-refractivity contribution in [1.82, 2.24) is 9.80 Å². The molecule has 3 rings (SSSR count). The largest absolute Gasteiger partial charge is 0.383 e. The highest BCUT2D eigenvalue weighted by molar-refractivity contribution is 7.99. The van der Waals surface area contributed by atoms with Gasteiger partial charge in [0.1, 0.15) is 11.5 Å². The molecule has 0 unspecified atom stereocenters. The lowest BCUT2D eigenvalue weighted by Crippen LogP contribution is -2.39. The molecular weight excluding hydrogens is 374 g/mol. The number of nitrogens with zero attached hydrogens (tertiary/aromatic N) is 3. The summed E-state index contributed by atoms with van der Waals surface area (Å²) in [6.45, 7) is 2.01. The van der Waals surface area contributed by atoms with Gasteiger partial charge < -0.3 is 14.5 Å². The van der Waals surface area contributed by atoms with Crippen molar-refractivity contribution in [2.75, 3.05) is 57.3 Å². The Balaban J connectivity index is 1.98. The standard InChI is InChI=1S/C17H23N3O4S2/c1-18-9-13(21)20(6-7-24-2)17-15(16(18)23)11-4-5-19(8-12(11)26-17)14(22)10-25-3/h4-10H2,1-3H3. The van der Waals surface area contributed by atoms with E-state index in [1.165, 1.54) is 28.0 Å². The van der Waals surface area contributed by atoms with Crippen molar-refractivity contribution in [1.29, 1.82) is 0 Å². The van der Waals surface area contributed by atoms with Gasteiger partial charge in [0.15, 0.2) is 0 Å². The van der Waals surface area contributed by atoms with Gasteiger partial charge >= 0.3 is 0 Å². The van der Waals surface area contributed by atoms with E-state index in [0.29, 0.717) is 49.0 Å². The maximum Gasteiger partial charge on any atom is 0.257 e. The lowest BCUT2D eigenvalue weighted by molar-refractivity contribution is -0.129. The number of fused-ring (bicyclic) bond motifs is 3. The summed E-state index contributed by atoms with van der Waals surface area (Å²) in [7, 11) is 3.25. The number of rotatable bonds is 5. The Kier molecular flexibility index (Phi) is 5.89.